The van der Waals surface area contributed by atoms with Crippen LogP contribution in [0.25, 0.3) is 0 Å². The summed E-state index contributed by atoms with van der Waals surface area (Å²) in [6.07, 6.45) is 5.74. The standard InChI is InChI=1S/C26H28N6O3S2/c1-4-13-32-23(16(2)28-24(34)17-9-11-18(35-3)12-10-17)30-31-26(32)36-15-22(33)29-25-20(14-27)19-7-5-6-8-21(19)37-25/h4,9-12,16H,1,5-8,13,15H2,2-3H3,(H,28,34)(H,29,33)/t16-/m0/s1. The summed E-state index contributed by atoms with van der Waals surface area (Å²) in [5.41, 5.74) is 2.18. The lowest BCUT2D eigenvalue weighted by atomic mass is 9.96. The number of anilines is 1. The van der Waals surface area contributed by atoms with Crippen LogP contribution in [0.4, 0.5) is 5.00 Å². The Morgan fingerprint density at radius 1 is 1.30 bits per heavy atom. The molecule has 4 rings (SSSR count). The number of nitrogens with one attached hydrogen (secondary N) is 2. The largest absolute Gasteiger partial charge is 0.497 e. The Labute approximate surface area is 223 Å². The molecule has 0 saturated heterocycles. The number of fused-ring (bicyclic) bond motifs is 1. The van der Waals surface area contributed by atoms with E-state index in [2.05, 4.69) is 33.5 Å². The van der Waals surface area contributed by atoms with Gasteiger partial charge < -0.3 is 19.9 Å². The molecule has 192 valence electrons. The molecule has 1 atom stereocenters. The quantitative estimate of drug-likeness (QED) is 0.289. The fourth-order valence-electron chi connectivity index (χ4n) is 4.18. The van der Waals surface area contributed by atoms with Gasteiger partial charge in [0.15, 0.2) is 11.0 Å². The number of thiophene rings is 1. The normalized spacial score (nSPS) is 13.2. The summed E-state index contributed by atoms with van der Waals surface area (Å²) in [6.45, 7) is 6.06. The van der Waals surface area contributed by atoms with Crippen molar-refractivity contribution in [3.05, 3.63) is 64.3 Å². The van der Waals surface area contributed by atoms with Crippen molar-refractivity contribution in [3.8, 4) is 11.8 Å². The van der Waals surface area contributed by atoms with Crippen LogP contribution in [0.3, 0.4) is 0 Å². The number of allylic oxidation sites excluding steroid dienone is 1. The lowest BCUT2D eigenvalue weighted by Crippen LogP contribution is -2.28. The van der Waals surface area contributed by atoms with E-state index >= 15 is 0 Å². The van der Waals surface area contributed by atoms with E-state index in [1.165, 1.54) is 28.0 Å². The summed E-state index contributed by atoms with van der Waals surface area (Å²) < 4.78 is 6.97. The molecule has 0 fully saturated rings. The Morgan fingerprint density at radius 2 is 2.05 bits per heavy atom. The fraction of sp³-hybridized carbons (Fsp3) is 0.346. The zero-order valence-electron chi connectivity index (χ0n) is 20.7. The van der Waals surface area contributed by atoms with Crippen molar-refractivity contribution >= 4 is 39.9 Å². The molecule has 1 aliphatic rings. The third kappa shape index (κ3) is 6.03. The summed E-state index contributed by atoms with van der Waals surface area (Å²) in [6, 6.07) is 8.67. The highest BCUT2D eigenvalue weighted by Crippen LogP contribution is 2.37. The van der Waals surface area contributed by atoms with E-state index in [1.54, 1.807) is 37.5 Å². The van der Waals surface area contributed by atoms with Gasteiger partial charge >= 0.3 is 0 Å². The van der Waals surface area contributed by atoms with E-state index in [4.69, 9.17) is 4.74 Å². The first-order chi connectivity index (χ1) is 17.9. The number of nitriles is 1. The number of carbonyl (C=O) groups excluding carboxylic acids is 2. The number of thioether (sulfide) groups is 1. The van der Waals surface area contributed by atoms with Crippen molar-refractivity contribution in [2.75, 3.05) is 18.2 Å². The van der Waals surface area contributed by atoms with Crippen molar-refractivity contribution in [2.45, 2.75) is 50.4 Å². The van der Waals surface area contributed by atoms with Crippen LogP contribution >= 0.6 is 23.1 Å². The Kier molecular flexibility index (Phi) is 8.63. The zero-order valence-corrected chi connectivity index (χ0v) is 22.4. The van der Waals surface area contributed by atoms with Gasteiger partial charge in [0.25, 0.3) is 5.91 Å². The van der Waals surface area contributed by atoms with E-state index < -0.39 is 6.04 Å². The number of carbonyl (C=O) groups is 2. The van der Waals surface area contributed by atoms with Crippen LogP contribution in [0.15, 0.2) is 42.1 Å². The van der Waals surface area contributed by atoms with E-state index in [0.717, 1.165) is 31.2 Å². The molecule has 0 bridgehead atoms. The summed E-state index contributed by atoms with van der Waals surface area (Å²) in [7, 11) is 1.57. The molecule has 1 aliphatic carbocycles. The van der Waals surface area contributed by atoms with Crippen molar-refractivity contribution in [3.63, 3.8) is 0 Å². The van der Waals surface area contributed by atoms with Crippen LogP contribution in [0.5, 0.6) is 5.75 Å². The molecular formula is C26H28N6O3S2. The number of amides is 2. The Balaban J connectivity index is 1.41. The van der Waals surface area contributed by atoms with Gasteiger partial charge in [0.2, 0.25) is 5.91 Å². The number of hydrogen-bond donors (Lipinski definition) is 2. The van der Waals surface area contributed by atoms with Crippen LogP contribution < -0.4 is 15.4 Å². The Hall–Kier alpha value is -3.62. The lowest BCUT2D eigenvalue weighted by Gasteiger charge is -2.15. The fourth-order valence-corrected chi connectivity index (χ4v) is 6.19. The second kappa shape index (κ2) is 12.1. The van der Waals surface area contributed by atoms with Crippen molar-refractivity contribution < 1.29 is 14.3 Å². The van der Waals surface area contributed by atoms with E-state index in [-0.39, 0.29) is 17.6 Å². The Bertz CT molecular complexity index is 1340. The van der Waals surface area contributed by atoms with E-state index in [9.17, 15) is 14.9 Å². The molecule has 11 heteroatoms. The average Bonchev–Trinajstić information content (AvgIpc) is 3.48. The number of methoxy groups -OCH3 is 1. The maximum Gasteiger partial charge on any atom is 0.251 e. The van der Waals surface area contributed by atoms with Crippen molar-refractivity contribution in [1.29, 1.82) is 5.26 Å². The van der Waals surface area contributed by atoms with Gasteiger partial charge in [-0.3, -0.25) is 9.59 Å². The molecule has 2 heterocycles. The van der Waals surface area contributed by atoms with Gasteiger partial charge in [0, 0.05) is 17.0 Å². The van der Waals surface area contributed by atoms with Crippen LogP contribution in [-0.4, -0.2) is 39.4 Å². The van der Waals surface area contributed by atoms with Gasteiger partial charge in [0.1, 0.15) is 16.8 Å². The predicted octanol–water partition coefficient (Wildman–Crippen LogP) is 4.51. The third-order valence-electron chi connectivity index (χ3n) is 6.01. The third-order valence-corrected chi connectivity index (χ3v) is 8.19. The summed E-state index contributed by atoms with van der Waals surface area (Å²) in [5, 5.41) is 25.2. The minimum atomic E-state index is -0.430. The molecule has 0 radical (unpaired) electrons. The molecule has 2 aromatic heterocycles. The average molecular weight is 537 g/mol. The first-order valence-corrected chi connectivity index (χ1v) is 13.7. The molecule has 9 nitrogen and oxygen atoms in total. The molecule has 37 heavy (non-hydrogen) atoms. The first-order valence-electron chi connectivity index (χ1n) is 11.9. The van der Waals surface area contributed by atoms with Gasteiger partial charge in [-0.15, -0.1) is 28.1 Å². The van der Waals surface area contributed by atoms with Crippen LogP contribution in [-0.2, 0) is 24.2 Å². The topological polar surface area (TPSA) is 122 Å². The van der Waals surface area contributed by atoms with Gasteiger partial charge in [-0.2, -0.15) is 5.26 Å². The second-order valence-corrected chi connectivity index (χ2v) is 10.6. The number of hydrogen-bond acceptors (Lipinski definition) is 8. The number of rotatable bonds is 10. The van der Waals surface area contributed by atoms with Crippen LogP contribution in [0.2, 0.25) is 0 Å². The highest BCUT2D eigenvalue weighted by Gasteiger charge is 2.23. The van der Waals surface area contributed by atoms with Crippen LogP contribution in [0.1, 0.15) is 58.0 Å². The van der Waals surface area contributed by atoms with E-state index in [1.807, 2.05) is 11.5 Å². The summed E-state index contributed by atoms with van der Waals surface area (Å²) >= 11 is 2.75. The molecular weight excluding hydrogens is 508 g/mol. The highest BCUT2D eigenvalue weighted by atomic mass is 32.2. The molecule has 2 amide bonds. The number of nitrogens with zero attached hydrogens (tertiary/aromatic N) is 4. The highest BCUT2D eigenvalue weighted by molar-refractivity contribution is 7.99. The molecule has 0 unspecified atom stereocenters. The molecule has 0 spiro atoms. The maximum absolute atomic E-state index is 12.7. The Morgan fingerprint density at radius 3 is 2.76 bits per heavy atom. The van der Waals surface area contributed by atoms with Crippen LogP contribution in [0, 0.1) is 11.3 Å². The number of aryl methyl sites for hydroxylation is 1. The van der Waals surface area contributed by atoms with E-state index in [0.29, 0.717) is 39.4 Å². The number of benzene rings is 1. The summed E-state index contributed by atoms with van der Waals surface area (Å²) in [5.74, 6) is 0.875. The van der Waals surface area contributed by atoms with Gasteiger partial charge in [-0.1, -0.05) is 17.8 Å². The molecule has 0 saturated carbocycles. The second-order valence-electron chi connectivity index (χ2n) is 8.53. The molecule has 1 aromatic carbocycles. The van der Waals surface area contributed by atoms with Crippen molar-refractivity contribution in [1.82, 2.24) is 20.1 Å². The smallest absolute Gasteiger partial charge is 0.251 e. The first kappa shape index (κ1) is 26.4. The van der Waals surface area contributed by atoms with Crippen molar-refractivity contribution in [2.24, 2.45) is 0 Å². The minimum absolute atomic E-state index is 0.106. The zero-order chi connectivity index (χ0) is 26.4. The number of aromatic nitrogens is 3. The van der Waals surface area contributed by atoms with Gasteiger partial charge in [-0.05, 0) is 62.4 Å². The number of ether oxygens (including phenoxy) is 1. The lowest BCUT2D eigenvalue weighted by molar-refractivity contribution is -0.113. The monoisotopic (exact) mass is 536 g/mol. The summed E-state index contributed by atoms with van der Waals surface area (Å²) in [4.78, 5) is 26.7. The van der Waals surface area contributed by atoms with Gasteiger partial charge in [0.05, 0.1) is 24.5 Å². The molecule has 2 N–H and O–H groups in total. The molecule has 3 aromatic rings. The SMILES string of the molecule is C=CCn1c(SCC(=O)Nc2sc3c(c2C#N)CCCC3)nnc1[C@H](C)NC(=O)c1ccc(OC)cc1. The minimum Gasteiger partial charge on any atom is -0.497 e. The van der Waals surface area contributed by atoms with Gasteiger partial charge in [-0.25, -0.2) is 0 Å². The predicted molar refractivity (Wildman–Crippen MR) is 144 cm³/mol. The molecule has 0 aliphatic heterocycles. The maximum atomic E-state index is 12.7.